The number of carboxylic acids is 2. The highest BCUT2D eigenvalue weighted by Crippen LogP contribution is 2.52. The molecule has 8 fully saturated rings. The number of fused-ring (bicyclic) bond motifs is 20. The zero-order chi connectivity index (χ0) is 37.9. The van der Waals surface area contributed by atoms with Crippen LogP contribution in [0.2, 0.25) is 0 Å². The highest BCUT2D eigenvalue weighted by molar-refractivity contribution is 7.92. The number of nitrogens with one attached hydrogen (secondary N) is 8. The van der Waals surface area contributed by atoms with E-state index in [9.17, 15) is 45.7 Å². The minimum Gasteiger partial charge on any atom is -0.480 e. The number of carbonyl (C=O) groups is 2. The quantitative estimate of drug-likeness (QED) is 0.152. The second-order valence-corrected chi connectivity index (χ2v) is 20.6. The first-order chi connectivity index (χ1) is 25.7. The molecule has 4 aliphatic carbocycles. The first-order valence-corrected chi connectivity index (χ1v) is 22.8. The van der Waals surface area contributed by atoms with E-state index in [-0.39, 0.29) is 54.5 Å². The Kier molecular flexibility index (Phi) is 9.54. The summed E-state index contributed by atoms with van der Waals surface area (Å²) in [5, 5.41) is 47.9. The van der Waals surface area contributed by atoms with E-state index in [2.05, 4.69) is 42.5 Å². The Morgan fingerprint density at radius 3 is 1.15 bits per heavy atom. The summed E-state index contributed by atoms with van der Waals surface area (Å²) < 4.78 is 71.2. The van der Waals surface area contributed by atoms with Crippen LogP contribution in [-0.2, 0) is 29.8 Å². The number of aliphatic carboxylic acids is 2. The summed E-state index contributed by atoms with van der Waals surface area (Å²) in [5.74, 6) is -5.81. The van der Waals surface area contributed by atoms with Crippen molar-refractivity contribution >= 4 is 32.2 Å². The van der Waals surface area contributed by atoms with Crippen molar-refractivity contribution in [2.75, 3.05) is 0 Å². The van der Waals surface area contributed by atoms with Crippen molar-refractivity contribution in [2.24, 2.45) is 47.3 Å². The van der Waals surface area contributed by atoms with Crippen molar-refractivity contribution < 1.29 is 45.7 Å². The van der Waals surface area contributed by atoms with E-state index < -0.39 is 78.1 Å². The minimum atomic E-state index is -5.96. The highest BCUT2D eigenvalue weighted by atomic mass is 32.2. The van der Waals surface area contributed by atoms with E-state index in [1.54, 1.807) is 0 Å². The number of hydrogen-bond donors (Lipinski definition) is 12. The van der Waals surface area contributed by atoms with Gasteiger partial charge in [-0.1, -0.05) is 44.6 Å². The molecule has 3 saturated carbocycles. The van der Waals surface area contributed by atoms with Crippen LogP contribution in [0.25, 0.3) is 0 Å². The van der Waals surface area contributed by atoms with Crippen molar-refractivity contribution in [3.05, 3.63) is 11.6 Å². The summed E-state index contributed by atoms with van der Waals surface area (Å²) in [6.45, 7) is 0. The lowest BCUT2D eigenvalue weighted by atomic mass is 9.71. The summed E-state index contributed by atoms with van der Waals surface area (Å²) in [7, 11) is -11.7. The zero-order valence-corrected chi connectivity index (χ0v) is 31.6. The molecule has 0 spiro atoms. The Morgan fingerprint density at radius 1 is 0.537 bits per heavy atom. The molecule has 0 aromatic heterocycles. The zero-order valence-electron chi connectivity index (χ0n) is 29.9. The summed E-state index contributed by atoms with van der Waals surface area (Å²) in [4.78, 5) is 26.2. The largest absolute Gasteiger partial charge is 0.480 e. The summed E-state index contributed by atoms with van der Waals surface area (Å²) in [6.07, 6.45) is 10.1. The van der Waals surface area contributed by atoms with Gasteiger partial charge in [0.05, 0.1) is 54.9 Å². The lowest BCUT2D eigenvalue weighted by Crippen LogP contribution is -2.70. The minimum absolute atomic E-state index is 0.0306. The third-order valence-electron chi connectivity index (χ3n) is 15.1. The van der Waals surface area contributed by atoms with Crippen LogP contribution in [0, 0.1) is 47.3 Å². The van der Waals surface area contributed by atoms with Gasteiger partial charge < -0.3 is 10.2 Å². The molecule has 20 heteroatoms. The van der Waals surface area contributed by atoms with E-state index in [4.69, 9.17) is 0 Å². The van der Waals surface area contributed by atoms with Gasteiger partial charge in [0.2, 0.25) is 4.75 Å². The molecule has 302 valence electrons. The Balaban J connectivity index is 1.18. The molecule has 18 unspecified atom stereocenters. The molecule has 18 nitrogen and oxygen atoms in total. The molecule has 54 heavy (non-hydrogen) atoms. The summed E-state index contributed by atoms with van der Waals surface area (Å²) in [6, 6.07) is 0. The molecule has 0 radical (unpaired) electrons. The topological polar surface area (TPSA) is 280 Å². The van der Waals surface area contributed by atoms with Crippen molar-refractivity contribution in [1.82, 2.24) is 42.5 Å². The molecule has 12 N–H and O–H groups in total. The summed E-state index contributed by atoms with van der Waals surface area (Å²) >= 11 is 0. The van der Waals surface area contributed by atoms with Crippen LogP contribution >= 0.6 is 0 Å². The van der Waals surface area contributed by atoms with Crippen LogP contribution in [0.4, 0.5) is 0 Å². The number of carboxylic acid groups (broad SMARTS) is 2. The van der Waals surface area contributed by atoms with Crippen LogP contribution in [0.3, 0.4) is 0 Å². The molecule has 8 bridgehead atoms. The molecule has 5 saturated heterocycles. The standard InChI is InChI=1S/C34H54N8O10S2/c43-32(44)21-13-20-22(34(33(45)46,54(50,51)52)23(21)53(47,48)49)31-41-29-19-12-6-5-11-18(19)27(39-29)37-25-15-8-2-1-7-14(15)24(35-25)36-26-16-9-3-4-10-17(16)28(38-26)40-30(20)42-31/h13-20,22-31,35-42H,1-12H2,(H,43,44)(H,45,46)(H,47,48,49)(H,50,51,52). The molecule has 5 heterocycles. The molecule has 0 aromatic rings. The van der Waals surface area contributed by atoms with Gasteiger partial charge in [0.25, 0.3) is 20.2 Å². The first kappa shape index (κ1) is 37.7. The van der Waals surface area contributed by atoms with E-state index in [1.165, 1.54) is 12.8 Å². The van der Waals surface area contributed by atoms with E-state index in [0.29, 0.717) is 11.8 Å². The van der Waals surface area contributed by atoms with Crippen LogP contribution < -0.4 is 42.5 Å². The van der Waals surface area contributed by atoms with Gasteiger partial charge in [0, 0.05) is 11.8 Å². The number of rotatable bonds is 4. The van der Waals surface area contributed by atoms with Crippen molar-refractivity contribution in [2.45, 2.75) is 136 Å². The lowest BCUT2D eigenvalue weighted by molar-refractivity contribution is -0.143. The van der Waals surface area contributed by atoms with Gasteiger partial charge in [-0.15, -0.1) is 0 Å². The van der Waals surface area contributed by atoms with E-state index in [1.807, 2.05) is 0 Å². The van der Waals surface area contributed by atoms with Crippen molar-refractivity contribution in [3.63, 3.8) is 0 Å². The average Bonchev–Trinajstić information content (AvgIpc) is 3.85. The highest BCUT2D eigenvalue weighted by Gasteiger charge is 2.74. The van der Waals surface area contributed by atoms with Gasteiger partial charge >= 0.3 is 11.9 Å². The maximum atomic E-state index is 13.6. The second kappa shape index (κ2) is 13.6. The van der Waals surface area contributed by atoms with Gasteiger partial charge in [-0.25, -0.2) is 4.79 Å². The smallest absolute Gasteiger partial charge is 0.332 e. The van der Waals surface area contributed by atoms with E-state index in [0.717, 1.165) is 70.3 Å². The Hall–Kier alpha value is -1.82. The predicted octanol–water partition coefficient (Wildman–Crippen LogP) is -0.976. The average molecular weight is 799 g/mol. The van der Waals surface area contributed by atoms with Crippen molar-refractivity contribution in [1.29, 1.82) is 0 Å². The van der Waals surface area contributed by atoms with Gasteiger partial charge in [0.15, 0.2) is 5.25 Å². The summed E-state index contributed by atoms with van der Waals surface area (Å²) in [5.41, 5.74) is -1.13. The maximum Gasteiger partial charge on any atom is 0.332 e. The number of hydrogen-bond acceptors (Lipinski definition) is 14. The van der Waals surface area contributed by atoms with Crippen LogP contribution in [0.15, 0.2) is 11.6 Å². The Bertz CT molecular complexity index is 1790. The molecular formula is C34H54N8O10S2. The van der Waals surface area contributed by atoms with Crippen LogP contribution in [-0.4, -0.2) is 107 Å². The lowest BCUT2D eigenvalue weighted by Gasteiger charge is -2.45. The molecule has 5 aliphatic heterocycles. The maximum absolute atomic E-state index is 13.6. The fraction of sp³-hybridized carbons (Fsp3) is 0.882. The van der Waals surface area contributed by atoms with Crippen LogP contribution in [0.1, 0.15) is 77.0 Å². The molecule has 0 amide bonds. The predicted molar refractivity (Wildman–Crippen MR) is 192 cm³/mol. The molecule has 0 aromatic carbocycles. The molecule has 9 rings (SSSR count). The van der Waals surface area contributed by atoms with Gasteiger partial charge in [-0.2, -0.15) is 16.8 Å². The Morgan fingerprint density at radius 2 is 0.852 bits per heavy atom. The molecule has 9 aliphatic rings. The SMILES string of the molecule is O=C(O)C1=CC2C3NC4NC(NC5NC(NC6NC(NC(N3)C2C(C(=O)O)(S(=O)(=O)O)C1S(=O)(=O)O)C1CCCCC61)C1CCCCC51)C1CCCCC41. The Labute approximate surface area is 315 Å². The van der Waals surface area contributed by atoms with E-state index >= 15 is 0 Å². The third kappa shape index (κ3) is 5.84. The fourth-order valence-electron chi connectivity index (χ4n) is 13.0. The molecule has 18 atom stereocenters. The fourth-order valence-corrected chi connectivity index (χ4v) is 16.2. The third-order valence-corrected chi connectivity index (χ3v) is 18.0. The van der Waals surface area contributed by atoms with Gasteiger partial charge in [0.1, 0.15) is 0 Å². The van der Waals surface area contributed by atoms with Crippen LogP contribution in [0.5, 0.6) is 0 Å². The molecular weight excluding hydrogens is 745 g/mol. The monoisotopic (exact) mass is 798 g/mol. The van der Waals surface area contributed by atoms with Gasteiger partial charge in [-0.3, -0.25) is 56.4 Å². The first-order valence-electron chi connectivity index (χ1n) is 19.9. The normalized spacial score (nSPS) is 50.3. The van der Waals surface area contributed by atoms with Crippen molar-refractivity contribution in [3.8, 4) is 0 Å². The van der Waals surface area contributed by atoms with Gasteiger partial charge in [-0.05, 0) is 74.0 Å². The second-order valence-electron chi connectivity index (χ2n) is 17.5.